The highest BCUT2D eigenvalue weighted by atomic mass is 79.9. The Morgan fingerprint density at radius 2 is 2.21 bits per heavy atom. The molecule has 152 valence electrons. The molecule has 0 saturated carbocycles. The predicted octanol–water partition coefficient (Wildman–Crippen LogP) is 5.10. The van der Waals surface area contributed by atoms with Crippen molar-refractivity contribution < 1.29 is 9.53 Å². The number of thiophene rings is 1. The summed E-state index contributed by atoms with van der Waals surface area (Å²) in [6.07, 6.45) is 3.96. The van der Waals surface area contributed by atoms with Crippen LogP contribution in [0.2, 0.25) is 0 Å². The van der Waals surface area contributed by atoms with Crippen LogP contribution in [-0.4, -0.2) is 28.2 Å². The van der Waals surface area contributed by atoms with Gasteiger partial charge in [0.2, 0.25) is 0 Å². The fourth-order valence-electron chi connectivity index (χ4n) is 3.64. The van der Waals surface area contributed by atoms with E-state index in [0.29, 0.717) is 23.0 Å². The van der Waals surface area contributed by atoms with Crippen LogP contribution in [0.15, 0.2) is 32.6 Å². The number of aromatic nitrogens is 2. The molecule has 0 unspecified atom stereocenters. The molecule has 0 saturated heterocycles. The number of ketones is 1. The van der Waals surface area contributed by atoms with Crippen molar-refractivity contribution in [2.45, 2.75) is 44.3 Å². The average molecular weight is 493 g/mol. The summed E-state index contributed by atoms with van der Waals surface area (Å²) in [5, 5.41) is 1.43. The highest BCUT2D eigenvalue weighted by molar-refractivity contribution is 9.10. The zero-order valence-corrected chi connectivity index (χ0v) is 19.5. The second kappa shape index (κ2) is 8.62. The summed E-state index contributed by atoms with van der Waals surface area (Å²) in [7, 11) is 1.59. The number of rotatable bonds is 7. The summed E-state index contributed by atoms with van der Waals surface area (Å²) in [5.74, 6) is 0.902. The minimum Gasteiger partial charge on any atom is -0.496 e. The molecule has 0 fully saturated rings. The Hall–Kier alpha value is -1.64. The van der Waals surface area contributed by atoms with E-state index in [1.165, 1.54) is 22.2 Å². The largest absolute Gasteiger partial charge is 0.496 e. The molecule has 0 bridgehead atoms. The lowest BCUT2D eigenvalue weighted by Gasteiger charge is -2.11. The van der Waals surface area contributed by atoms with Crippen molar-refractivity contribution in [2.75, 3.05) is 12.9 Å². The zero-order valence-electron chi connectivity index (χ0n) is 16.3. The van der Waals surface area contributed by atoms with Crippen LogP contribution in [0.5, 0.6) is 5.75 Å². The van der Waals surface area contributed by atoms with Gasteiger partial charge in [0.25, 0.3) is 5.56 Å². The van der Waals surface area contributed by atoms with E-state index >= 15 is 0 Å². The van der Waals surface area contributed by atoms with Crippen LogP contribution in [0, 0.1) is 0 Å². The van der Waals surface area contributed by atoms with Crippen LogP contribution < -0.4 is 10.3 Å². The SMILES string of the molecule is CCCn1c(SCC(=O)c2ccc(OC)c(Br)c2)nc2sc3c(c2c1=O)CCC3. The van der Waals surface area contributed by atoms with Gasteiger partial charge in [-0.2, -0.15) is 0 Å². The van der Waals surface area contributed by atoms with E-state index < -0.39 is 0 Å². The van der Waals surface area contributed by atoms with E-state index in [-0.39, 0.29) is 17.1 Å². The highest BCUT2D eigenvalue weighted by Crippen LogP contribution is 2.35. The van der Waals surface area contributed by atoms with E-state index in [0.717, 1.165) is 40.4 Å². The van der Waals surface area contributed by atoms with E-state index in [4.69, 9.17) is 9.72 Å². The number of hydrogen-bond acceptors (Lipinski definition) is 6. The van der Waals surface area contributed by atoms with Crippen molar-refractivity contribution in [3.63, 3.8) is 0 Å². The number of nitrogens with zero attached hydrogens (tertiary/aromatic N) is 2. The maximum Gasteiger partial charge on any atom is 0.263 e. The number of carbonyl (C=O) groups is 1. The molecule has 1 aliphatic rings. The normalized spacial score (nSPS) is 13.1. The van der Waals surface area contributed by atoms with Crippen LogP contribution in [0.1, 0.15) is 40.6 Å². The molecule has 8 heteroatoms. The minimum atomic E-state index is -0.00979. The van der Waals surface area contributed by atoms with Crippen LogP contribution in [0.3, 0.4) is 0 Å². The molecule has 29 heavy (non-hydrogen) atoms. The molecule has 2 heterocycles. The van der Waals surface area contributed by atoms with Crippen molar-refractivity contribution in [3.05, 3.63) is 49.0 Å². The first-order valence-electron chi connectivity index (χ1n) is 9.58. The fourth-order valence-corrected chi connectivity index (χ4v) is 6.41. The van der Waals surface area contributed by atoms with E-state index in [1.807, 2.05) is 6.92 Å². The number of benzene rings is 1. The first-order chi connectivity index (χ1) is 14.0. The van der Waals surface area contributed by atoms with Gasteiger partial charge >= 0.3 is 0 Å². The third kappa shape index (κ3) is 3.90. The van der Waals surface area contributed by atoms with E-state index in [1.54, 1.807) is 41.2 Å². The molecule has 0 N–H and O–H groups in total. The second-order valence-electron chi connectivity index (χ2n) is 6.95. The highest BCUT2D eigenvalue weighted by Gasteiger charge is 2.23. The first kappa shape index (κ1) is 20.6. The third-order valence-electron chi connectivity index (χ3n) is 5.04. The van der Waals surface area contributed by atoms with Crippen molar-refractivity contribution in [2.24, 2.45) is 0 Å². The molecular formula is C21H21BrN2O3S2. The summed E-state index contributed by atoms with van der Waals surface area (Å²) in [6, 6.07) is 5.29. The van der Waals surface area contributed by atoms with Gasteiger partial charge in [0.05, 0.1) is 22.7 Å². The van der Waals surface area contributed by atoms with Crippen molar-refractivity contribution in [3.8, 4) is 5.75 Å². The Balaban J connectivity index is 1.63. The maximum atomic E-state index is 13.2. The molecule has 0 atom stereocenters. The average Bonchev–Trinajstić information content (AvgIpc) is 3.29. The number of carbonyl (C=O) groups excluding carboxylic acids is 1. The van der Waals surface area contributed by atoms with Crippen LogP contribution in [-0.2, 0) is 19.4 Å². The van der Waals surface area contributed by atoms with Crippen molar-refractivity contribution in [1.82, 2.24) is 9.55 Å². The zero-order chi connectivity index (χ0) is 20.5. The molecule has 1 aliphatic carbocycles. The van der Waals surface area contributed by atoms with Gasteiger partial charge in [0.1, 0.15) is 10.6 Å². The van der Waals surface area contributed by atoms with Gasteiger partial charge < -0.3 is 4.74 Å². The predicted molar refractivity (Wildman–Crippen MR) is 122 cm³/mol. The number of methoxy groups -OCH3 is 1. The molecule has 3 aromatic rings. The summed E-state index contributed by atoms with van der Waals surface area (Å²) in [5.41, 5.74) is 1.84. The van der Waals surface area contributed by atoms with Crippen LogP contribution >= 0.6 is 39.0 Å². The van der Waals surface area contributed by atoms with Gasteiger partial charge in [-0.1, -0.05) is 18.7 Å². The number of hydrogen-bond donors (Lipinski definition) is 0. The Labute approximate surface area is 185 Å². The van der Waals surface area contributed by atoms with Crippen LogP contribution in [0.4, 0.5) is 0 Å². The van der Waals surface area contributed by atoms with E-state index in [9.17, 15) is 9.59 Å². The van der Waals surface area contributed by atoms with Gasteiger partial charge in [0.15, 0.2) is 10.9 Å². The van der Waals surface area contributed by atoms with Gasteiger partial charge in [0, 0.05) is 17.0 Å². The molecular weight excluding hydrogens is 472 g/mol. The molecule has 2 aromatic heterocycles. The number of ether oxygens (including phenoxy) is 1. The summed E-state index contributed by atoms with van der Waals surface area (Å²) < 4.78 is 7.71. The Morgan fingerprint density at radius 3 is 2.93 bits per heavy atom. The molecule has 0 aliphatic heterocycles. The lowest BCUT2D eigenvalue weighted by molar-refractivity contribution is 0.102. The molecule has 0 radical (unpaired) electrons. The number of fused-ring (bicyclic) bond motifs is 3. The monoisotopic (exact) mass is 492 g/mol. The maximum absolute atomic E-state index is 13.2. The van der Waals surface area contributed by atoms with Crippen molar-refractivity contribution >= 4 is 55.0 Å². The first-order valence-corrected chi connectivity index (χ1v) is 12.2. The number of Topliss-reactive ketones (excluding diaryl/α,β-unsaturated/α-hetero) is 1. The lowest BCUT2D eigenvalue weighted by Crippen LogP contribution is -2.23. The summed E-state index contributed by atoms with van der Waals surface area (Å²) in [4.78, 5) is 32.8. The fraction of sp³-hybridized carbons (Fsp3) is 0.381. The molecule has 0 amide bonds. The Morgan fingerprint density at radius 1 is 1.38 bits per heavy atom. The van der Waals surface area contributed by atoms with Crippen LogP contribution in [0.25, 0.3) is 10.2 Å². The quantitative estimate of drug-likeness (QED) is 0.260. The number of halogens is 1. The van der Waals surface area contributed by atoms with Crippen molar-refractivity contribution in [1.29, 1.82) is 0 Å². The molecule has 5 nitrogen and oxygen atoms in total. The molecule has 0 spiro atoms. The third-order valence-corrected chi connectivity index (χ3v) is 7.82. The second-order valence-corrected chi connectivity index (χ2v) is 9.83. The minimum absolute atomic E-state index is 0.00979. The van der Waals surface area contributed by atoms with Gasteiger partial charge in [-0.15, -0.1) is 11.3 Å². The number of aryl methyl sites for hydroxylation is 2. The van der Waals surface area contributed by atoms with Gasteiger partial charge in [-0.25, -0.2) is 4.98 Å². The standard InChI is InChI=1S/C21H21BrN2O3S2/c1-3-9-24-20(26)18-13-5-4-6-17(13)29-19(18)23-21(24)28-11-15(25)12-7-8-16(27-2)14(22)10-12/h7-8,10H,3-6,9,11H2,1-2H3. The van der Waals surface area contributed by atoms with Gasteiger partial charge in [-0.05, 0) is 65.4 Å². The molecule has 4 rings (SSSR count). The van der Waals surface area contributed by atoms with Gasteiger partial charge in [-0.3, -0.25) is 14.2 Å². The van der Waals surface area contributed by atoms with E-state index in [2.05, 4.69) is 15.9 Å². The Bertz CT molecular complexity index is 1150. The Kier molecular flexibility index (Phi) is 6.13. The number of thioether (sulfide) groups is 1. The topological polar surface area (TPSA) is 61.2 Å². The smallest absolute Gasteiger partial charge is 0.263 e. The summed E-state index contributed by atoms with van der Waals surface area (Å²) >= 11 is 6.39. The summed E-state index contributed by atoms with van der Waals surface area (Å²) in [6.45, 7) is 2.65. The molecule has 1 aromatic carbocycles. The lowest BCUT2D eigenvalue weighted by atomic mass is 10.1.